The Morgan fingerprint density at radius 3 is 2.41 bits per heavy atom. The SMILES string of the molecule is CCc1cc(C)c(S(=O)(=O)Cl)cc1-n1cnc(C(F)(F)F)n1. The summed E-state index contributed by atoms with van der Waals surface area (Å²) < 4.78 is 61.7. The molecule has 0 aliphatic heterocycles. The van der Waals surface area contributed by atoms with E-state index in [9.17, 15) is 21.6 Å². The van der Waals surface area contributed by atoms with Gasteiger partial charge in [-0.05, 0) is 30.5 Å². The molecule has 0 fully saturated rings. The fourth-order valence-electron chi connectivity index (χ4n) is 2.01. The van der Waals surface area contributed by atoms with Gasteiger partial charge < -0.3 is 0 Å². The lowest BCUT2D eigenvalue weighted by Crippen LogP contribution is -2.10. The molecule has 0 spiro atoms. The van der Waals surface area contributed by atoms with Crippen LogP contribution >= 0.6 is 10.7 Å². The van der Waals surface area contributed by atoms with Gasteiger partial charge in [0.2, 0.25) is 0 Å². The van der Waals surface area contributed by atoms with Crippen molar-refractivity contribution >= 4 is 19.7 Å². The number of nitrogens with zero attached hydrogens (tertiary/aromatic N) is 3. The highest BCUT2D eigenvalue weighted by Gasteiger charge is 2.36. The summed E-state index contributed by atoms with van der Waals surface area (Å²) in [5, 5.41) is 3.36. The van der Waals surface area contributed by atoms with Crippen LogP contribution in [0.1, 0.15) is 23.9 Å². The fourth-order valence-corrected chi connectivity index (χ4v) is 3.20. The minimum Gasteiger partial charge on any atom is -0.220 e. The number of benzene rings is 1. The van der Waals surface area contributed by atoms with E-state index in [0.717, 1.165) is 11.0 Å². The fraction of sp³-hybridized carbons (Fsp3) is 0.333. The Kier molecular flexibility index (Phi) is 4.22. The summed E-state index contributed by atoms with van der Waals surface area (Å²) in [6, 6.07) is 2.75. The number of aromatic nitrogens is 3. The molecule has 0 radical (unpaired) electrons. The van der Waals surface area contributed by atoms with Gasteiger partial charge >= 0.3 is 6.18 Å². The molecule has 10 heteroatoms. The van der Waals surface area contributed by atoms with Crippen LogP contribution in [0.25, 0.3) is 5.69 Å². The molecule has 0 saturated carbocycles. The Labute approximate surface area is 129 Å². The van der Waals surface area contributed by atoms with Crippen molar-refractivity contribution in [3.05, 3.63) is 35.4 Å². The molecule has 1 aromatic carbocycles. The molecular formula is C12H11ClF3N3O2S. The van der Waals surface area contributed by atoms with Crippen molar-refractivity contribution < 1.29 is 21.6 Å². The summed E-state index contributed by atoms with van der Waals surface area (Å²) in [4.78, 5) is 3.02. The van der Waals surface area contributed by atoms with Crippen LogP contribution in [0.5, 0.6) is 0 Å². The number of aryl methyl sites for hydroxylation is 2. The van der Waals surface area contributed by atoms with E-state index < -0.39 is 21.1 Å². The van der Waals surface area contributed by atoms with Gasteiger partial charge in [-0.25, -0.2) is 18.1 Å². The molecule has 0 aliphatic carbocycles. The molecule has 120 valence electrons. The highest BCUT2D eigenvalue weighted by Crippen LogP contribution is 2.29. The smallest absolute Gasteiger partial charge is 0.220 e. The lowest BCUT2D eigenvalue weighted by molar-refractivity contribution is -0.144. The van der Waals surface area contributed by atoms with Crippen molar-refractivity contribution in [2.24, 2.45) is 0 Å². The molecule has 1 aromatic heterocycles. The summed E-state index contributed by atoms with van der Waals surface area (Å²) >= 11 is 0. The van der Waals surface area contributed by atoms with E-state index in [4.69, 9.17) is 10.7 Å². The van der Waals surface area contributed by atoms with E-state index in [1.54, 1.807) is 19.9 Å². The quantitative estimate of drug-likeness (QED) is 0.795. The van der Waals surface area contributed by atoms with Gasteiger partial charge in [-0.3, -0.25) is 0 Å². The molecule has 0 N–H and O–H groups in total. The first-order valence-corrected chi connectivity index (χ1v) is 8.42. The third-order valence-electron chi connectivity index (χ3n) is 3.01. The summed E-state index contributed by atoms with van der Waals surface area (Å²) in [7, 11) is 1.32. The lowest BCUT2D eigenvalue weighted by Gasteiger charge is -2.11. The second kappa shape index (κ2) is 5.54. The van der Waals surface area contributed by atoms with E-state index >= 15 is 0 Å². The third-order valence-corrected chi connectivity index (χ3v) is 4.48. The topological polar surface area (TPSA) is 64.8 Å². The van der Waals surface area contributed by atoms with Crippen LogP contribution in [-0.4, -0.2) is 23.2 Å². The van der Waals surface area contributed by atoms with Gasteiger partial charge in [0.1, 0.15) is 6.33 Å². The Hall–Kier alpha value is -1.61. The predicted molar refractivity (Wildman–Crippen MR) is 73.5 cm³/mol. The van der Waals surface area contributed by atoms with Crippen molar-refractivity contribution in [2.75, 3.05) is 0 Å². The normalized spacial score (nSPS) is 12.6. The van der Waals surface area contributed by atoms with Crippen LogP contribution in [0.4, 0.5) is 13.2 Å². The maximum atomic E-state index is 12.6. The summed E-state index contributed by atoms with van der Waals surface area (Å²) in [5.41, 5.74) is 1.22. The molecule has 0 unspecified atom stereocenters. The minimum absolute atomic E-state index is 0.176. The van der Waals surface area contributed by atoms with Crippen molar-refractivity contribution in [3.63, 3.8) is 0 Å². The van der Waals surface area contributed by atoms with Gasteiger partial charge in [-0.15, -0.1) is 5.10 Å². The van der Waals surface area contributed by atoms with Crippen LogP contribution < -0.4 is 0 Å². The second-order valence-electron chi connectivity index (χ2n) is 4.55. The number of hydrogen-bond donors (Lipinski definition) is 0. The predicted octanol–water partition coefficient (Wildman–Crippen LogP) is 3.08. The average Bonchev–Trinajstić information content (AvgIpc) is 2.86. The van der Waals surface area contributed by atoms with Crippen LogP contribution in [0, 0.1) is 6.92 Å². The second-order valence-corrected chi connectivity index (χ2v) is 7.08. The summed E-state index contributed by atoms with van der Waals surface area (Å²) in [6.07, 6.45) is -3.32. The molecule has 0 amide bonds. The van der Waals surface area contributed by atoms with Crippen molar-refractivity contribution in [1.82, 2.24) is 14.8 Å². The zero-order valence-corrected chi connectivity index (χ0v) is 13.1. The molecule has 0 bridgehead atoms. The molecule has 0 atom stereocenters. The number of halogens is 4. The lowest BCUT2D eigenvalue weighted by atomic mass is 10.1. The zero-order valence-electron chi connectivity index (χ0n) is 11.5. The van der Waals surface area contributed by atoms with Gasteiger partial charge in [-0.2, -0.15) is 13.2 Å². The van der Waals surface area contributed by atoms with E-state index in [1.807, 2.05) is 0 Å². The Balaban J connectivity index is 2.66. The van der Waals surface area contributed by atoms with E-state index in [-0.39, 0.29) is 10.6 Å². The average molecular weight is 354 g/mol. The summed E-state index contributed by atoms with van der Waals surface area (Å²) in [5.74, 6) is -1.30. The highest BCUT2D eigenvalue weighted by molar-refractivity contribution is 8.13. The first-order valence-electron chi connectivity index (χ1n) is 6.11. The summed E-state index contributed by atoms with van der Waals surface area (Å²) in [6.45, 7) is 3.34. The third kappa shape index (κ3) is 3.25. The molecule has 1 heterocycles. The first kappa shape index (κ1) is 16.8. The Morgan fingerprint density at radius 1 is 1.32 bits per heavy atom. The molecule has 2 aromatic rings. The van der Waals surface area contributed by atoms with Gasteiger partial charge in [0.15, 0.2) is 0 Å². The van der Waals surface area contributed by atoms with Gasteiger partial charge in [0.25, 0.3) is 14.9 Å². The van der Waals surface area contributed by atoms with Crippen molar-refractivity contribution in [1.29, 1.82) is 0 Å². The molecular weight excluding hydrogens is 343 g/mol. The van der Waals surface area contributed by atoms with Crippen molar-refractivity contribution in [2.45, 2.75) is 31.3 Å². The zero-order chi connectivity index (χ0) is 16.7. The number of rotatable bonds is 3. The Morgan fingerprint density at radius 2 is 1.95 bits per heavy atom. The molecule has 5 nitrogen and oxygen atoms in total. The van der Waals surface area contributed by atoms with Crippen LogP contribution in [-0.2, 0) is 21.6 Å². The number of hydrogen-bond acceptors (Lipinski definition) is 4. The maximum Gasteiger partial charge on any atom is 0.453 e. The van der Waals surface area contributed by atoms with Gasteiger partial charge in [0, 0.05) is 10.7 Å². The standard InChI is InChI=1S/C12H11ClF3N3O2S/c1-3-8-4-7(2)10(22(13,20)21)5-9(8)19-6-17-11(18-19)12(14,15)16/h4-6H,3H2,1-2H3. The first-order chi connectivity index (χ1) is 10.0. The van der Waals surface area contributed by atoms with E-state index in [2.05, 4.69) is 10.1 Å². The van der Waals surface area contributed by atoms with Crippen molar-refractivity contribution in [3.8, 4) is 5.69 Å². The molecule has 2 rings (SSSR count). The number of alkyl halides is 3. The molecule has 0 saturated heterocycles. The van der Waals surface area contributed by atoms with E-state index in [1.165, 1.54) is 6.07 Å². The molecule has 22 heavy (non-hydrogen) atoms. The molecule has 0 aliphatic rings. The van der Waals surface area contributed by atoms with Gasteiger partial charge in [0.05, 0.1) is 10.6 Å². The Bertz CT molecular complexity index is 816. The minimum atomic E-state index is -4.68. The highest BCUT2D eigenvalue weighted by atomic mass is 35.7. The monoisotopic (exact) mass is 353 g/mol. The largest absolute Gasteiger partial charge is 0.453 e. The maximum absolute atomic E-state index is 12.6. The van der Waals surface area contributed by atoms with Crippen LogP contribution in [0.2, 0.25) is 0 Å². The van der Waals surface area contributed by atoms with E-state index in [0.29, 0.717) is 17.5 Å². The van der Waals surface area contributed by atoms with Gasteiger partial charge in [-0.1, -0.05) is 13.0 Å². The van der Waals surface area contributed by atoms with Crippen LogP contribution in [0.3, 0.4) is 0 Å². The van der Waals surface area contributed by atoms with Crippen LogP contribution in [0.15, 0.2) is 23.4 Å².